The SMILES string of the molecule is C=CCn1c(S[C@@H](C)C(=O)Nc2ccc3c(c2)CCC3)nnc1-c1ccncc1. The highest BCUT2D eigenvalue weighted by Gasteiger charge is 2.21. The predicted octanol–water partition coefficient (Wildman–Crippen LogP) is 4.13. The molecule has 0 spiro atoms. The van der Waals surface area contributed by atoms with E-state index < -0.39 is 0 Å². The molecule has 148 valence electrons. The number of aryl methyl sites for hydroxylation is 2. The van der Waals surface area contributed by atoms with Crippen molar-refractivity contribution in [3.8, 4) is 11.4 Å². The molecule has 6 nitrogen and oxygen atoms in total. The van der Waals surface area contributed by atoms with Gasteiger partial charge in [-0.1, -0.05) is 23.9 Å². The summed E-state index contributed by atoms with van der Waals surface area (Å²) in [5.41, 5.74) is 4.52. The summed E-state index contributed by atoms with van der Waals surface area (Å²) < 4.78 is 1.96. The van der Waals surface area contributed by atoms with Crippen LogP contribution >= 0.6 is 11.8 Å². The first kappa shape index (κ1) is 19.4. The molecule has 4 rings (SSSR count). The largest absolute Gasteiger partial charge is 0.325 e. The Hall–Kier alpha value is -2.93. The van der Waals surface area contributed by atoms with Crippen molar-refractivity contribution in [1.29, 1.82) is 0 Å². The summed E-state index contributed by atoms with van der Waals surface area (Å²) >= 11 is 1.39. The van der Waals surface area contributed by atoms with Crippen molar-refractivity contribution in [3.05, 3.63) is 66.5 Å². The predicted molar refractivity (Wildman–Crippen MR) is 116 cm³/mol. The molecule has 1 aliphatic carbocycles. The van der Waals surface area contributed by atoms with E-state index in [1.165, 1.54) is 29.3 Å². The second kappa shape index (κ2) is 8.61. The van der Waals surface area contributed by atoms with Gasteiger partial charge in [0, 0.05) is 30.2 Å². The van der Waals surface area contributed by atoms with E-state index in [9.17, 15) is 4.79 Å². The second-order valence-electron chi connectivity index (χ2n) is 7.03. The lowest BCUT2D eigenvalue weighted by Gasteiger charge is -2.13. The zero-order chi connectivity index (χ0) is 20.2. The van der Waals surface area contributed by atoms with Crippen LogP contribution in [0, 0.1) is 0 Å². The average molecular weight is 406 g/mol. The fourth-order valence-electron chi connectivity index (χ4n) is 3.49. The molecule has 3 aromatic rings. The van der Waals surface area contributed by atoms with E-state index in [2.05, 4.69) is 39.2 Å². The van der Waals surface area contributed by atoms with E-state index in [-0.39, 0.29) is 11.2 Å². The zero-order valence-corrected chi connectivity index (χ0v) is 17.2. The first-order chi connectivity index (χ1) is 14.2. The van der Waals surface area contributed by atoms with Crippen LogP contribution < -0.4 is 5.32 Å². The second-order valence-corrected chi connectivity index (χ2v) is 8.34. The molecule has 0 unspecified atom stereocenters. The normalized spacial score (nSPS) is 13.7. The summed E-state index contributed by atoms with van der Waals surface area (Å²) in [5.74, 6) is 0.688. The molecule has 0 saturated heterocycles. The number of aromatic nitrogens is 4. The Bertz CT molecular complexity index is 1030. The van der Waals surface area contributed by atoms with Gasteiger partial charge in [0.2, 0.25) is 5.91 Å². The molecule has 0 fully saturated rings. The topological polar surface area (TPSA) is 72.7 Å². The number of hydrogen-bond donors (Lipinski definition) is 1. The van der Waals surface area contributed by atoms with Crippen LogP contribution in [0.2, 0.25) is 0 Å². The van der Waals surface area contributed by atoms with Gasteiger partial charge in [0.1, 0.15) is 0 Å². The molecule has 29 heavy (non-hydrogen) atoms. The Labute approximate surface area is 174 Å². The summed E-state index contributed by atoms with van der Waals surface area (Å²) in [6, 6.07) is 9.99. The van der Waals surface area contributed by atoms with Crippen LogP contribution in [0.3, 0.4) is 0 Å². The first-order valence-electron chi connectivity index (χ1n) is 9.69. The molecule has 1 N–H and O–H groups in total. The number of thioether (sulfide) groups is 1. The fourth-order valence-corrected chi connectivity index (χ4v) is 4.35. The molecule has 1 amide bonds. The van der Waals surface area contributed by atoms with E-state index in [0.29, 0.717) is 11.7 Å². The van der Waals surface area contributed by atoms with Gasteiger partial charge in [-0.25, -0.2) is 0 Å². The Balaban J connectivity index is 1.49. The Morgan fingerprint density at radius 3 is 2.83 bits per heavy atom. The van der Waals surface area contributed by atoms with Crippen LogP contribution in [0.4, 0.5) is 5.69 Å². The van der Waals surface area contributed by atoms with Gasteiger partial charge in [0.15, 0.2) is 11.0 Å². The van der Waals surface area contributed by atoms with Crippen LogP contribution in [0.1, 0.15) is 24.5 Å². The number of allylic oxidation sites excluding steroid dienone is 1. The number of carbonyl (C=O) groups is 1. The fraction of sp³-hybridized carbons (Fsp3) is 0.273. The van der Waals surface area contributed by atoms with Gasteiger partial charge in [-0.15, -0.1) is 16.8 Å². The lowest BCUT2D eigenvalue weighted by atomic mass is 10.1. The molecule has 0 bridgehead atoms. The van der Waals surface area contributed by atoms with Crippen LogP contribution in [0.25, 0.3) is 11.4 Å². The smallest absolute Gasteiger partial charge is 0.237 e. The van der Waals surface area contributed by atoms with Gasteiger partial charge >= 0.3 is 0 Å². The minimum absolute atomic E-state index is 0.0495. The van der Waals surface area contributed by atoms with Gasteiger partial charge in [0.05, 0.1) is 5.25 Å². The van der Waals surface area contributed by atoms with E-state index >= 15 is 0 Å². The number of fused-ring (bicyclic) bond motifs is 1. The van der Waals surface area contributed by atoms with Gasteiger partial charge < -0.3 is 5.32 Å². The lowest BCUT2D eigenvalue weighted by molar-refractivity contribution is -0.115. The maximum Gasteiger partial charge on any atom is 0.237 e. The molecule has 1 aliphatic rings. The van der Waals surface area contributed by atoms with Crippen LogP contribution in [0.15, 0.2) is 60.5 Å². The van der Waals surface area contributed by atoms with Crippen molar-refractivity contribution >= 4 is 23.4 Å². The van der Waals surface area contributed by atoms with Crippen molar-refractivity contribution in [2.45, 2.75) is 43.1 Å². The summed E-state index contributed by atoms with van der Waals surface area (Å²) in [6.45, 7) is 6.28. The summed E-state index contributed by atoms with van der Waals surface area (Å²) in [6.07, 6.45) is 8.66. The van der Waals surface area contributed by atoms with Crippen LogP contribution in [0.5, 0.6) is 0 Å². The molecule has 1 aromatic carbocycles. The standard InChI is InChI=1S/C22H23N5OS/c1-3-13-27-20(17-9-11-23-12-10-17)25-26-22(27)29-15(2)21(28)24-19-8-7-16-5-4-6-18(16)14-19/h3,7-12,14-15H,1,4-6,13H2,2H3,(H,24,28)/t15-/m0/s1. The number of carbonyl (C=O) groups excluding carboxylic acids is 1. The van der Waals surface area contributed by atoms with Gasteiger partial charge in [-0.3, -0.25) is 14.3 Å². The van der Waals surface area contributed by atoms with E-state index in [4.69, 9.17) is 0 Å². The molecular formula is C22H23N5OS. The number of anilines is 1. The van der Waals surface area contributed by atoms with Gasteiger partial charge in [-0.05, 0) is 61.6 Å². The van der Waals surface area contributed by atoms with Crippen LogP contribution in [-0.4, -0.2) is 30.9 Å². The number of amides is 1. The third-order valence-corrected chi connectivity index (χ3v) is 6.06. The van der Waals surface area contributed by atoms with Gasteiger partial charge in [-0.2, -0.15) is 0 Å². The molecule has 0 saturated carbocycles. The average Bonchev–Trinajstić information content (AvgIpc) is 3.36. The van der Waals surface area contributed by atoms with E-state index in [0.717, 1.165) is 29.9 Å². The Morgan fingerprint density at radius 2 is 2.03 bits per heavy atom. The quantitative estimate of drug-likeness (QED) is 0.473. The zero-order valence-electron chi connectivity index (χ0n) is 16.3. The van der Waals surface area contributed by atoms with Gasteiger partial charge in [0.25, 0.3) is 0 Å². The third kappa shape index (κ3) is 4.24. The lowest BCUT2D eigenvalue weighted by Crippen LogP contribution is -2.23. The Kier molecular flexibility index (Phi) is 5.76. The number of pyridine rings is 1. The van der Waals surface area contributed by atoms with Crippen LogP contribution in [-0.2, 0) is 24.2 Å². The summed E-state index contributed by atoms with van der Waals surface area (Å²) in [4.78, 5) is 16.8. The maximum atomic E-state index is 12.7. The monoisotopic (exact) mass is 405 g/mol. The molecular weight excluding hydrogens is 382 g/mol. The number of rotatable bonds is 7. The highest BCUT2D eigenvalue weighted by Crippen LogP contribution is 2.28. The highest BCUT2D eigenvalue weighted by atomic mass is 32.2. The minimum atomic E-state index is -0.318. The molecule has 7 heteroatoms. The molecule has 2 heterocycles. The minimum Gasteiger partial charge on any atom is -0.325 e. The van der Waals surface area contributed by atoms with Crippen molar-refractivity contribution < 1.29 is 4.79 Å². The third-order valence-electron chi connectivity index (χ3n) is 4.98. The first-order valence-corrected chi connectivity index (χ1v) is 10.6. The van der Waals surface area contributed by atoms with Crippen molar-refractivity contribution in [2.24, 2.45) is 0 Å². The summed E-state index contributed by atoms with van der Waals surface area (Å²) in [7, 11) is 0. The number of hydrogen-bond acceptors (Lipinski definition) is 5. The molecule has 2 aromatic heterocycles. The number of nitrogens with zero attached hydrogens (tertiary/aromatic N) is 4. The molecule has 0 radical (unpaired) electrons. The molecule has 1 atom stereocenters. The molecule has 0 aliphatic heterocycles. The van der Waals surface area contributed by atoms with E-state index in [1.807, 2.05) is 29.7 Å². The van der Waals surface area contributed by atoms with Crippen molar-refractivity contribution in [1.82, 2.24) is 19.7 Å². The van der Waals surface area contributed by atoms with Crippen molar-refractivity contribution in [2.75, 3.05) is 5.32 Å². The maximum absolute atomic E-state index is 12.7. The Morgan fingerprint density at radius 1 is 1.24 bits per heavy atom. The van der Waals surface area contributed by atoms with E-state index in [1.54, 1.807) is 18.5 Å². The number of benzene rings is 1. The number of nitrogens with one attached hydrogen (secondary N) is 1. The van der Waals surface area contributed by atoms with Crippen molar-refractivity contribution in [3.63, 3.8) is 0 Å². The highest BCUT2D eigenvalue weighted by molar-refractivity contribution is 8.00. The summed E-state index contributed by atoms with van der Waals surface area (Å²) in [5, 5.41) is 12.0.